The standard InChI is InChI=1S/C17H20N4/c1-4-9-18-16-10-12(2)19-17(20-16)21-13(3)11-14-7-5-6-8-15(14)21/h4-8,10,13H,1,9,11H2,2-3H3,(H,18,19,20). The number of hydrogen-bond acceptors (Lipinski definition) is 4. The van der Waals surface area contributed by atoms with E-state index in [0.717, 1.165) is 23.9 Å². The second kappa shape index (κ2) is 5.56. The van der Waals surface area contributed by atoms with Crippen LogP contribution in [0.5, 0.6) is 0 Å². The Labute approximate surface area is 125 Å². The summed E-state index contributed by atoms with van der Waals surface area (Å²) in [6, 6.07) is 10.8. The molecule has 0 saturated carbocycles. The number of aromatic nitrogens is 2. The highest BCUT2D eigenvalue weighted by Crippen LogP contribution is 2.36. The van der Waals surface area contributed by atoms with E-state index in [2.05, 4.69) is 58.0 Å². The van der Waals surface area contributed by atoms with Gasteiger partial charge in [-0.2, -0.15) is 4.98 Å². The quantitative estimate of drug-likeness (QED) is 0.871. The molecule has 0 aliphatic carbocycles. The molecule has 0 fully saturated rings. The Hall–Kier alpha value is -2.36. The zero-order valence-electron chi connectivity index (χ0n) is 12.5. The number of fused-ring (bicyclic) bond motifs is 1. The first-order chi connectivity index (χ1) is 10.2. The maximum atomic E-state index is 4.66. The molecule has 1 aliphatic rings. The second-order valence-corrected chi connectivity index (χ2v) is 5.42. The van der Waals surface area contributed by atoms with Crippen LogP contribution in [0.2, 0.25) is 0 Å². The molecule has 1 atom stereocenters. The topological polar surface area (TPSA) is 41.1 Å². The minimum atomic E-state index is 0.372. The lowest BCUT2D eigenvalue weighted by Crippen LogP contribution is -2.26. The molecule has 4 heteroatoms. The fraction of sp³-hybridized carbons (Fsp3) is 0.294. The average molecular weight is 280 g/mol. The third-order valence-electron chi connectivity index (χ3n) is 3.69. The molecule has 2 heterocycles. The normalized spacial score (nSPS) is 16.7. The van der Waals surface area contributed by atoms with E-state index in [1.165, 1.54) is 11.3 Å². The molecule has 4 nitrogen and oxygen atoms in total. The molecule has 0 amide bonds. The number of anilines is 3. The molecule has 108 valence electrons. The minimum absolute atomic E-state index is 0.372. The van der Waals surface area contributed by atoms with E-state index in [0.29, 0.717) is 12.6 Å². The SMILES string of the molecule is C=CCNc1cc(C)nc(N2c3ccccc3CC2C)n1. The molecule has 1 aromatic carbocycles. The lowest BCUT2D eigenvalue weighted by molar-refractivity contribution is 0.738. The number of para-hydroxylation sites is 1. The highest BCUT2D eigenvalue weighted by atomic mass is 15.3. The van der Waals surface area contributed by atoms with Gasteiger partial charge in [0.2, 0.25) is 5.95 Å². The van der Waals surface area contributed by atoms with Gasteiger partial charge in [0.15, 0.2) is 0 Å². The lowest BCUT2D eigenvalue weighted by Gasteiger charge is -2.23. The van der Waals surface area contributed by atoms with Crippen molar-refractivity contribution in [3.8, 4) is 0 Å². The van der Waals surface area contributed by atoms with Crippen molar-refractivity contribution >= 4 is 17.5 Å². The Morgan fingerprint density at radius 1 is 1.38 bits per heavy atom. The third-order valence-corrected chi connectivity index (χ3v) is 3.69. The van der Waals surface area contributed by atoms with E-state index in [9.17, 15) is 0 Å². The summed E-state index contributed by atoms with van der Waals surface area (Å²) >= 11 is 0. The summed E-state index contributed by atoms with van der Waals surface area (Å²) in [6.07, 6.45) is 2.85. The Bertz CT molecular complexity index is 666. The zero-order chi connectivity index (χ0) is 14.8. The summed E-state index contributed by atoms with van der Waals surface area (Å²) < 4.78 is 0. The van der Waals surface area contributed by atoms with Crippen LogP contribution in [0.1, 0.15) is 18.2 Å². The summed E-state index contributed by atoms with van der Waals surface area (Å²) in [5.74, 6) is 1.60. The predicted molar refractivity (Wildman–Crippen MR) is 87.2 cm³/mol. The van der Waals surface area contributed by atoms with E-state index in [4.69, 9.17) is 0 Å². The van der Waals surface area contributed by atoms with Crippen LogP contribution in [0.3, 0.4) is 0 Å². The average Bonchev–Trinajstić information content (AvgIpc) is 2.80. The van der Waals surface area contributed by atoms with Crippen molar-refractivity contribution in [2.24, 2.45) is 0 Å². The number of aryl methyl sites for hydroxylation is 1. The van der Waals surface area contributed by atoms with Gasteiger partial charge in [0.05, 0.1) is 0 Å². The van der Waals surface area contributed by atoms with E-state index in [1.54, 1.807) is 0 Å². The Morgan fingerprint density at radius 2 is 2.19 bits per heavy atom. The molecule has 0 radical (unpaired) electrons. The van der Waals surface area contributed by atoms with Gasteiger partial charge in [0.25, 0.3) is 0 Å². The van der Waals surface area contributed by atoms with Crippen LogP contribution >= 0.6 is 0 Å². The van der Waals surface area contributed by atoms with E-state index in [1.807, 2.05) is 19.1 Å². The van der Waals surface area contributed by atoms with Crippen molar-refractivity contribution in [3.05, 3.63) is 54.2 Å². The van der Waals surface area contributed by atoms with Crippen LogP contribution in [0.15, 0.2) is 43.0 Å². The molecule has 21 heavy (non-hydrogen) atoms. The predicted octanol–water partition coefficient (Wildman–Crippen LogP) is 3.47. The Kier molecular flexibility index (Phi) is 3.60. The Morgan fingerprint density at radius 3 is 3.00 bits per heavy atom. The molecular formula is C17H20N4. The monoisotopic (exact) mass is 280 g/mol. The van der Waals surface area contributed by atoms with E-state index in [-0.39, 0.29) is 0 Å². The van der Waals surface area contributed by atoms with Crippen molar-refractivity contribution in [1.29, 1.82) is 0 Å². The summed E-state index contributed by atoms with van der Waals surface area (Å²) in [5.41, 5.74) is 3.53. The molecule has 0 spiro atoms. The molecule has 1 unspecified atom stereocenters. The van der Waals surface area contributed by atoms with Crippen LogP contribution in [0.4, 0.5) is 17.5 Å². The first kappa shape index (κ1) is 13.6. The number of benzene rings is 1. The number of rotatable bonds is 4. The van der Waals surface area contributed by atoms with Crippen molar-refractivity contribution in [2.75, 3.05) is 16.8 Å². The lowest BCUT2D eigenvalue weighted by atomic mass is 10.1. The van der Waals surface area contributed by atoms with Crippen molar-refractivity contribution in [1.82, 2.24) is 9.97 Å². The maximum Gasteiger partial charge on any atom is 0.232 e. The number of hydrogen-bond donors (Lipinski definition) is 1. The van der Waals surface area contributed by atoms with Gasteiger partial charge in [0.1, 0.15) is 5.82 Å². The van der Waals surface area contributed by atoms with Gasteiger partial charge in [-0.15, -0.1) is 6.58 Å². The van der Waals surface area contributed by atoms with Gasteiger partial charge in [-0.1, -0.05) is 24.3 Å². The summed E-state index contributed by atoms with van der Waals surface area (Å²) in [7, 11) is 0. The van der Waals surface area contributed by atoms with Crippen LogP contribution in [-0.2, 0) is 6.42 Å². The van der Waals surface area contributed by atoms with Crippen molar-refractivity contribution < 1.29 is 0 Å². The van der Waals surface area contributed by atoms with Gasteiger partial charge in [-0.3, -0.25) is 0 Å². The van der Waals surface area contributed by atoms with Crippen LogP contribution in [0.25, 0.3) is 0 Å². The number of nitrogens with one attached hydrogen (secondary N) is 1. The van der Waals surface area contributed by atoms with Gasteiger partial charge in [0, 0.05) is 30.0 Å². The summed E-state index contributed by atoms with van der Waals surface area (Å²) in [6.45, 7) is 8.63. The minimum Gasteiger partial charge on any atom is -0.366 e. The molecule has 0 bridgehead atoms. The van der Waals surface area contributed by atoms with Gasteiger partial charge < -0.3 is 10.2 Å². The van der Waals surface area contributed by atoms with Crippen LogP contribution < -0.4 is 10.2 Å². The largest absolute Gasteiger partial charge is 0.366 e. The van der Waals surface area contributed by atoms with Crippen molar-refractivity contribution in [2.45, 2.75) is 26.3 Å². The van der Waals surface area contributed by atoms with E-state index < -0.39 is 0 Å². The molecule has 1 N–H and O–H groups in total. The van der Waals surface area contributed by atoms with Gasteiger partial charge in [-0.05, 0) is 31.9 Å². The third kappa shape index (κ3) is 2.61. The highest BCUT2D eigenvalue weighted by molar-refractivity contribution is 5.67. The molecule has 3 rings (SSSR count). The smallest absolute Gasteiger partial charge is 0.232 e. The fourth-order valence-electron chi connectivity index (χ4n) is 2.80. The molecule has 1 aromatic heterocycles. The Balaban J connectivity index is 2.00. The number of nitrogens with zero attached hydrogens (tertiary/aromatic N) is 3. The molecule has 0 saturated heterocycles. The molecular weight excluding hydrogens is 260 g/mol. The van der Waals surface area contributed by atoms with Gasteiger partial charge in [-0.25, -0.2) is 4.98 Å². The van der Waals surface area contributed by atoms with Gasteiger partial charge >= 0.3 is 0 Å². The molecule has 1 aliphatic heterocycles. The van der Waals surface area contributed by atoms with Crippen LogP contribution in [0, 0.1) is 6.92 Å². The summed E-state index contributed by atoms with van der Waals surface area (Å²) in [5, 5.41) is 3.24. The fourth-order valence-corrected chi connectivity index (χ4v) is 2.80. The first-order valence-electron chi connectivity index (χ1n) is 7.26. The zero-order valence-corrected chi connectivity index (χ0v) is 12.5. The second-order valence-electron chi connectivity index (χ2n) is 5.42. The van der Waals surface area contributed by atoms with Crippen molar-refractivity contribution in [3.63, 3.8) is 0 Å². The molecule has 2 aromatic rings. The maximum absolute atomic E-state index is 4.66. The van der Waals surface area contributed by atoms with E-state index >= 15 is 0 Å². The highest BCUT2D eigenvalue weighted by Gasteiger charge is 2.28. The van der Waals surface area contributed by atoms with Crippen LogP contribution in [-0.4, -0.2) is 22.6 Å². The first-order valence-corrected chi connectivity index (χ1v) is 7.26. The summed E-state index contributed by atoms with van der Waals surface area (Å²) in [4.78, 5) is 11.5.